The van der Waals surface area contributed by atoms with Crippen LogP contribution in [0.2, 0.25) is 0 Å². The molecule has 0 aliphatic heterocycles. The number of rotatable bonds is 7. The molecule has 2 aromatic carbocycles. The number of benzene rings is 2. The Morgan fingerprint density at radius 2 is 1.67 bits per heavy atom. The molecular formula is C18H18ClNO4. The molecule has 0 N–H and O–H groups in total. The first-order chi connectivity index (χ1) is 11.5. The van der Waals surface area contributed by atoms with Gasteiger partial charge in [-0.1, -0.05) is 31.2 Å². The topological polar surface area (TPSA) is 69.4 Å². The van der Waals surface area contributed by atoms with Crippen LogP contribution in [0.3, 0.4) is 0 Å². The Morgan fingerprint density at radius 1 is 1.12 bits per heavy atom. The van der Waals surface area contributed by atoms with Gasteiger partial charge in [0.1, 0.15) is 11.9 Å². The van der Waals surface area contributed by atoms with Crippen LogP contribution in [0.15, 0.2) is 48.5 Å². The molecule has 0 fully saturated rings. The Morgan fingerprint density at radius 3 is 2.12 bits per heavy atom. The highest BCUT2D eigenvalue weighted by Crippen LogP contribution is 2.23. The van der Waals surface area contributed by atoms with Crippen molar-refractivity contribution >= 4 is 23.5 Å². The summed E-state index contributed by atoms with van der Waals surface area (Å²) in [7, 11) is 0. The van der Waals surface area contributed by atoms with Crippen LogP contribution in [-0.4, -0.2) is 10.9 Å². The predicted molar refractivity (Wildman–Crippen MR) is 92.6 cm³/mol. The van der Waals surface area contributed by atoms with Gasteiger partial charge in [-0.3, -0.25) is 14.9 Å². The maximum absolute atomic E-state index is 11.5. The number of non-ortho nitro benzene ring substituents is 1. The lowest BCUT2D eigenvalue weighted by Gasteiger charge is -2.11. The van der Waals surface area contributed by atoms with Gasteiger partial charge in [-0.15, -0.1) is 0 Å². The van der Waals surface area contributed by atoms with E-state index < -0.39 is 4.92 Å². The van der Waals surface area contributed by atoms with Gasteiger partial charge >= 0.3 is 5.97 Å². The first-order valence-electron chi connectivity index (χ1n) is 7.71. The van der Waals surface area contributed by atoms with E-state index in [1.807, 2.05) is 31.2 Å². The van der Waals surface area contributed by atoms with Crippen LogP contribution < -0.4 is 0 Å². The lowest BCUT2D eigenvalue weighted by Crippen LogP contribution is -2.14. The van der Waals surface area contributed by atoms with Crippen LogP contribution in [0.25, 0.3) is 11.1 Å². The number of hydrogen-bond acceptors (Lipinski definition) is 4. The fraction of sp³-hybridized carbons (Fsp3) is 0.278. The summed E-state index contributed by atoms with van der Waals surface area (Å²) in [6, 6.07) is 14.4. The van der Waals surface area contributed by atoms with Crippen molar-refractivity contribution in [2.75, 3.05) is 0 Å². The predicted octanol–water partition coefficient (Wildman–Crippen LogP) is 4.92. The molecule has 0 radical (unpaired) electrons. The second-order valence-corrected chi connectivity index (χ2v) is 5.70. The maximum atomic E-state index is 11.5. The van der Waals surface area contributed by atoms with Crippen LogP contribution in [0, 0.1) is 16.0 Å². The third-order valence-electron chi connectivity index (χ3n) is 4.05. The number of aryl methyl sites for hydroxylation is 1. The maximum Gasteiger partial charge on any atom is 0.327 e. The van der Waals surface area contributed by atoms with Gasteiger partial charge in [-0.05, 0) is 48.1 Å². The first-order valence-corrected chi connectivity index (χ1v) is 8.02. The van der Waals surface area contributed by atoms with Gasteiger partial charge in [0, 0.05) is 12.1 Å². The van der Waals surface area contributed by atoms with E-state index in [1.165, 1.54) is 12.1 Å². The SMILES string of the molecule is CCC(CCc1ccc(-c2ccc([N+](=O)[O-])cc2)cc1)C(=O)OCl. The molecular weight excluding hydrogens is 330 g/mol. The quantitative estimate of drug-likeness (QED) is 0.526. The Balaban J connectivity index is 2.02. The number of carbonyl (C=O) groups excluding carboxylic acids is 1. The van der Waals surface area contributed by atoms with Crippen molar-refractivity contribution in [2.24, 2.45) is 5.92 Å². The first kappa shape index (κ1) is 17.9. The second kappa shape index (κ2) is 8.45. The summed E-state index contributed by atoms with van der Waals surface area (Å²) in [5.74, 6) is -0.585. The van der Waals surface area contributed by atoms with E-state index in [0.717, 1.165) is 23.1 Å². The summed E-state index contributed by atoms with van der Waals surface area (Å²) in [6.45, 7) is 1.93. The lowest BCUT2D eigenvalue weighted by atomic mass is 9.96. The van der Waals surface area contributed by atoms with Crippen molar-refractivity contribution in [3.63, 3.8) is 0 Å². The fourth-order valence-electron chi connectivity index (χ4n) is 2.53. The summed E-state index contributed by atoms with van der Waals surface area (Å²) < 4.78 is 4.28. The van der Waals surface area contributed by atoms with Gasteiger partial charge < -0.3 is 4.29 Å². The van der Waals surface area contributed by atoms with Crippen molar-refractivity contribution in [1.82, 2.24) is 0 Å². The van der Waals surface area contributed by atoms with Gasteiger partial charge in [-0.2, -0.15) is 0 Å². The van der Waals surface area contributed by atoms with Gasteiger partial charge in [0.15, 0.2) is 0 Å². The summed E-state index contributed by atoms with van der Waals surface area (Å²) in [5, 5.41) is 10.7. The normalized spacial score (nSPS) is 11.8. The minimum Gasteiger partial charge on any atom is -0.347 e. The number of carbonyl (C=O) groups is 1. The average Bonchev–Trinajstić information content (AvgIpc) is 2.62. The summed E-state index contributed by atoms with van der Waals surface area (Å²) >= 11 is 5.13. The van der Waals surface area contributed by atoms with Gasteiger partial charge in [0.05, 0.1) is 10.8 Å². The van der Waals surface area contributed by atoms with E-state index in [0.29, 0.717) is 12.8 Å². The largest absolute Gasteiger partial charge is 0.347 e. The van der Waals surface area contributed by atoms with E-state index in [4.69, 9.17) is 11.9 Å². The van der Waals surface area contributed by atoms with E-state index in [1.54, 1.807) is 12.1 Å². The summed E-state index contributed by atoms with van der Waals surface area (Å²) in [6.07, 6.45) is 2.12. The molecule has 6 heteroatoms. The number of halogens is 1. The van der Waals surface area contributed by atoms with E-state index in [2.05, 4.69) is 4.29 Å². The number of nitro benzene ring substituents is 1. The molecule has 1 unspecified atom stereocenters. The molecule has 0 aliphatic rings. The second-order valence-electron chi connectivity index (χ2n) is 5.54. The summed E-state index contributed by atoms with van der Waals surface area (Å²) in [4.78, 5) is 21.7. The van der Waals surface area contributed by atoms with Crippen LogP contribution >= 0.6 is 11.9 Å². The number of nitrogens with zero attached hydrogens (tertiary/aromatic N) is 1. The van der Waals surface area contributed by atoms with Crippen LogP contribution in [0.1, 0.15) is 25.3 Å². The standard InChI is InChI=1S/C18H18ClNO4/c1-2-14(18(21)24-19)6-3-13-4-7-15(8-5-13)16-9-11-17(12-10-16)20(22)23/h4-5,7-12,14H,2-3,6H2,1H3. The molecule has 0 saturated heterocycles. The monoisotopic (exact) mass is 347 g/mol. The molecule has 24 heavy (non-hydrogen) atoms. The van der Waals surface area contributed by atoms with Crippen molar-refractivity contribution < 1.29 is 14.0 Å². The molecule has 0 amide bonds. The molecule has 0 aromatic heterocycles. The van der Waals surface area contributed by atoms with Gasteiger partial charge in [0.2, 0.25) is 0 Å². The molecule has 5 nitrogen and oxygen atoms in total. The highest BCUT2D eigenvalue weighted by molar-refractivity contribution is 6.13. The lowest BCUT2D eigenvalue weighted by molar-refractivity contribution is -0.384. The van der Waals surface area contributed by atoms with E-state index >= 15 is 0 Å². The van der Waals surface area contributed by atoms with Crippen molar-refractivity contribution in [1.29, 1.82) is 0 Å². The third-order valence-corrected chi connectivity index (χ3v) is 4.20. The smallest absolute Gasteiger partial charge is 0.327 e. The Hall–Kier alpha value is -2.40. The Bertz CT molecular complexity index is 698. The fourth-order valence-corrected chi connectivity index (χ4v) is 2.66. The van der Waals surface area contributed by atoms with Crippen LogP contribution in [0.5, 0.6) is 0 Å². The molecule has 1 atom stereocenters. The van der Waals surface area contributed by atoms with Crippen molar-refractivity contribution in [3.05, 3.63) is 64.2 Å². The molecule has 0 saturated carbocycles. The van der Waals surface area contributed by atoms with E-state index in [9.17, 15) is 14.9 Å². The minimum atomic E-state index is -0.414. The highest BCUT2D eigenvalue weighted by Gasteiger charge is 2.17. The number of hydrogen-bond donors (Lipinski definition) is 0. The van der Waals surface area contributed by atoms with E-state index in [-0.39, 0.29) is 17.6 Å². The Labute approximate surface area is 145 Å². The zero-order valence-electron chi connectivity index (χ0n) is 13.3. The molecule has 126 valence electrons. The Kier molecular flexibility index (Phi) is 6.32. The van der Waals surface area contributed by atoms with Crippen LogP contribution in [0.4, 0.5) is 5.69 Å². The van der Waals surface area contributed by atoms with Gasteiger partial charge in [0.25, 0.3) is 5.69 Å². The van der Waals surface area contributed by atoms with Crippen molar-refractivity contribution in [2.45, 2.75) is 26.2 Å². The zero-order valence-corrected chi connectivity index (χ0v) is 14.0. The molecule has 2 aromatic rings. The molecule has 0 aliphatic carbocycles. The van der Waals surface area contributed by atoms with Crippen molar-refractivity contribution in [3.8, 4) is 11.1 Å². The molecule has 0 heterocycles. The van der Waals surface area contributed by atoms with Crippen LogP contribution in [-0.2, 0) is 15.5 Å². The highest BCUT2D eigenvalue weighted by atomic mass is 35.5. The molecule has 0 spiro atoms. The summed E-state index contributed by atoms with van der Waals surface area (Å²) in [5.41, 5.74) is 3.10. The molecule has 2 rings (SSSR count). The number of nitro groups is 1. The zero-order chi connectivity index (χ0) is 17.5. The average molecular weight is 348 g/mol. The third kappa shape index (κ3) is 4.55. The molecule has 0 bridgehead atoms. The van der Waals surface area contributed by atoms with Gasteiger partial charge in [-0.25, -0.2) is 0 Å². The minimum absolute atomic E-state index is 0.0761.